The zero-order valence-electron chi connectivity index (χ0n) is 16.6. The summed E-state index contributed by atoms with van der Waals surface area (Å²) in [4.78, 5) is 22.8. The molecule has 1 N–H and O–H groups in total. The van der Waals surface area contributed by atoms with Gasteiger partial charge in [0.05, 0.1) is 24.3 Å². The first kappa shape index (κ1) is 18.8. The molecule has 2 unspecified atom stereocenters. The quantitative estimate of drug-likeness (QED) is 0.559. The summed E-state index contributed by atoms with van der Waals surface area (Å²) < 4.78 is 8.00. The van der Waals surface area contributed by atoms with Gasteiger partial charge in [-0.3, -0.25) is 9.47 Å². The molecule has 0 saturated carbocycles. The van der Waals surface area contributed by atoms with E-state index in [1.165, 1.54) is 5.56 Å². The predicted molar refractivity (Wildman–Crippen MR) is 116 cm³/mol. The van der Waals surface area contributed by atoms with Gasteiger partial charge in [0.2, 0.25) is 0 Å². The number of hydrogen-bond acceptors (Lipinski definition) is 4. The van der Waals surface area contributed by atoms with Crippen molar-refractivity contribution in [3.63, 3.8) is 0 Å². The van der Waals surface area contributed by atoms with E-state index >= 15 is 0 Å². The first-order valence-corrected chi connectivity index (χ1v) is 10.3. The number of rotatable bonds is 5. The highest BCUT2D eigenvalue weighted by Gasteiger charge is 2.33. The molecular formula is C24H24N4O2. The summed E-state index contributed by atoms with van der Waals surface area (Å²) in [6.45, 7) is 3.10. The topological polar surface area (TPSA) is 63.2 Å². The maximum Gasteiger partial charge on any atom is 0.328 e. The molecule has 0 aliphatic carbocycles. The molecule has 1 saturated heterocycles. The first-order valence-electron chi connectivity index (χ1n) is 10.3. The normalized spacial score (nSPS) is 18.5. The Kier molecular flexibility index (Phi) is 5.17. The lowest BCUT2D eigenvalue weighted by atomic mass is 9.99. The first-order chi connectivity index (χ1) is 14.8. The van der Waals surface area contributed by atoms with Gasteiger partial charge >= 0.3 is 5.69 Å². The summed E-state index contributed by atoms with van der Waals surface area (Å²) in [6, 6.07) is 24.0. The molecule has 2 atom stereocenters. The fourth-order valence-electron chi connectivity index (χ4n) is 4.30. The van der Waals surface area contributed by atoms with Crippen molar-refractivity contribution in [2.45, 2.75) is 18.7 Å². The zero-order chi connectivity index (χ0) is 20.3. The Morgan fingerprint density at radius 3 is 2.60 bits per heavy atom. The van der Waals surface area contributed by atoms with Crippen LogP contribution in [0.3, 0.4) is 0 Å². The van der Waals surface area contributed by atoms with E-state index in [2.05, 4.69) is 51.3 Å². The van der Waals surface area contributed by atoms with Crippen molar-refractivity contribution in [3.8, 4) is 0 Å². The monoisotopic (exact) mass is 400 g/mol. The molecule has 3 heterocycles. The fraction of sp³-hybridized carbons (Fsp3) is 0.250. The molecule has 1 aliphatic rings. The van der Waals surface area contributed by atoms with E-state index in [-0.39, 0.29) is 17.8 Å². The molecule has 30 heavy (non-hydrogen) atoms. The Bertz CT molecular complexity index is 1170. The Labute approximate surface area is 174 Å². The third kappa shape index (κ3) is 3.67. The molecule has 1 aliphatic heterocycles. The van der Waals surface area contributed by atoms with Crippen molar-refractivity contribution in [1.82, 2.24) is 19.4 Å². The third-order valence-electron chi connectivity index (χ3n) is 5.67. The van der Waals surface area contributed by atoms with Crippen molar-refractivity contribution in [2.24, 2.45) is 0 Å². The second-order valence-electron chi connectivity index (χ2n) is 7.66. The van der Waals surface area contributed by atoms with Gasteiger partial charge in [-0.1, -0.05) is 60.7 Å². The molecule has 2 aromatic carbocycles. The SMILES string of the molecule is O=c1[nH]c2cccnc2n1C(c1ccccc1)C1CN(Cc2ccccc2)CCO1. The summed E-state index contributed by atoms with van der Waals surface area (Å²) in [5.74, 6) is 0. The Balaban J connectivity index is 1.52. The van der Waals surface area contributed by atoms with Crippen LogP contribution in [-0.4, -0.2) is 45.2 Å². The number of benzene rings is 2. The average Bonchev–Trinajstić information content (AvgIpc) is 3.12. The number of nitrogens with one attached hydrogen (secondary N) is 1. The highest BCUT2D eigenvalue weighted by Crippen LogP contribution is 2.28. The van der Waals surface area contributed by atoms with Crippen LogP contribution in [0.25, 0.3) is 11.2 Å². The Morgan fingerprint density at radius 1 is 1.03 bits per heavy atom. The molecule has 0 bridgehead atoms. The molecule has 0 spiro atoms. The molecule has 4 aromatic rings. The lowest BCUT2D eigenvalue weighted by molar-refractivity contribution is -0.0490. The van der Waals surface area contributed by atoms with E-state index < -0.39 is 0 Å². The second-order valence-corrected chi connectivity index (χ2v) is 7.66. The number of nitrogens with zero attached hydrogens (tertiary/aromatic N) is 3. The molecule has 6 heteroatoms. The van der Waals surface area contributed by atoms with E-state index in [1.54, 1.807) is 10.8 Å². The van der Waals surface area contributed by atoms with E-state index in [9.17, 15) is 4.79 Å². The van der Waals surface area contributed by atoms with E-state index in [4.69, 9.17) is 4.74 Å². The van der Waals surface area contributed by atoms with Gasteiger partial charge in [0, 0.05) is 25.8 Å². The smallest absolute Gasteiger partial charge is 0.328 e. The van der Waals surface area contributed by atoms with Gasteiger partial charge in [0.15, 0.2) is 5.65 Å². The molecule has 6 nitrogen and oxygen atoms in total. The minimum Gasteiger partial charge on any atom is -0.373 e. The van der Waals surface area contributed by atoms with Crippen LogP contribution in [0.4, 0.5) is 0 Å². The van der Waals surface area contributed by atoms with Crippen LogP contribution in [-0.2, 0) is 11.3 Å². The molecule has 0 radical (unpaired) electrons. The Hall–Kier alpha value is -3.22. The summed E-state index contributed by atoms with van der Waals surface area (Å²) >= 11 is 0. The number of aromatic nitrogens is 3. The van der Waals surface area contributed by atoms with Crippen LogP contribution < -0.4 is 5.69 Å². The van der Waals surface area contributed by atoms with Crippen molar-refractivity contribution in [3.05, 3.63) is 101 Å². The van der Waals surface area contributed by atoms with Crippen molar-refractivity contribution in [2.75, 3.05) is 19.7 Å². The summed E-state index contributed by atoms with van der Waals surface area (Å²) in [5.41, 5.74) is 3.54. The lowest BCUT2D eigenvalue weighted by Gasteiger charge is -2.37. The molecular weight excluding hydrogens is 376 g/mol. The minimum atomic E-state index is -0.263. The van der Waals surface area contributed by atoms with Crippen molar-refractivity contribution < 1.29 is 4.74 Å². The number of hydrogen-bond donors (Lipinski definition) is 1. The van der Waals surface area contributed by atoms with Gasteiger partial charge in [-0.15, -0.1) is 0 Å². The van der Waals surface area contributed by atoms with Gasteiger partial charge in [0.1, 0.15) is 0 Å². The second kappa shape index (κ2) is 8.26. The largest absolute Gasteiger partial charge is 0.373 e. The number of imidazole rings is 1. The molecule has 152 valence electrons. The highest BCUT2D eigenvalue weighted by molar-refractivity contribution is 5.70. The number of fused-ring (bicyclic) bond motifs is 1. The minimum absolute atomic E-state index is 0.163. The van der Waals surface area contributed by atoms with Crippen LogP contribution >= 0.6 is 0 Å². The highest BCUT2D eigenvalue weighted by atomic mass is 16.5. The standard InChI is InChI=1S/C24H24N4O2/c29-24-26-20-12-7-13-25-23(20)28(24)22(19-10-5-2-6-11-19)21-17-27(14-15-30-21)16-18-8-3-1-4-9-18/h1-13,21-22H,14-17H2,(H,26,29). The van der Waals surface area contributed by atoms with Gasteiger partial charge in [0.25, 0.3) is 0 Å². The van der Waals surface area contributed by atoms with Crippen molar-refractivity contribution in [1.29, 1.82) is 0 Å². The predicted octanol–water partition coefficient (Wildman–Crippen LogP) is 3.22. The van der Waals surface area contributed by atoms with Crippen LogP contribution in [0.5, 0.6) is 0 Å². The van der Waals surface area contributed by atoms with E-state index in [1.807, 2.05) is 36.4 Å². The van der Waals surface area contributed by atoms with E-state index in [0.29, 0.717) is 12.3 Å². The summed E-state index contributed by atoms with van der Waals surface area (Å²) in [6.07, 6.45) is 1.56. The maximum absolute atomic E-state index is 13.0. The van der Waals surface area contributed by atoms with Gasteiger partial charge in [-0.25, -0.2) is 9.78 Å². The van der Waals surface area contributed by atoms with Crippen LogP contribution in [0.1, 0.15) is 17.2 Å². The van der Waals surface area contributed by atoms with Crippen LogP contribution in [0.15, 0.2) is 83.8 Å². The molecule has 5 rings (SSSR count). The fourth-order valence-corrected chi connectivity index (χ4v) is 4.30. The summed E-state index contributed by atoms with van der Waals surface area (Å²) in [7, 11) is 0. The average molecular weight is 400 g/mol. The molecule has 2 aromatic heterocycles. The Morgan fingerprint density at radius 2 is 1.80 bits per heavy atom. The van der Waals surface area contributed by atoms with Gasteiger partial charge < -0.3 is 9.72 Å². The van der Waals surface area contributed by atoms with Crippen molar-refractivity contribution >= 4 is 11.2 Å². The zero-order valence-corrected chi connectivity index (χ0v) is 16.6. The molecule has 1 fully saturated rings. The van der Waals surface area contributed by atoms with Crippen LogP contribution in [0, 0.1) is 0 Å². The lowest BCUT2D eigenvalue weighted by Crippen LogP contribution is -2.47. The number of ether oxygens (including phenoxy) is 1. The number of morpholine rings is 1. The van der Waals surface area contributed by atoms with E-state index in [0.717, 1.165) is 30.7 Å². The van der Waals surface area contributed by atoms with Gasteiger partial charge in [-0.05, 0) is 23.3 Å². The number of aromatic amines is 1. The number of pyridine rings is 1. The number of H-pyrrole nitrogens is 1. The summed E-state index contributed by atoms with van der Waals surface area (Å²) in [5, 5.41) is 0. The van der Waals surface area contributed by atoms with Crippen LogP contribution in [0.2, 0.25) is 0 Å². The van der Waals surface area contributed by atoms with Gasteiger partial charge in [-0.2, -0.15) is 0 Å². The third-order valence-corrected chi connectivity index (χ3v) is 5.67. The molecule has 0 amide bonds. The maximum atomic E-state index is 13.0.